The number of ketones is 1. The number of nitrogens with zero attached hydrogens (tertiary/aromatic N) is 1. The number of hydrogen-bond acceptors (Lipinski definition) is 3. The highest BCUT2D eigenvalue weighted by Gasteiger charge is 2.32. The molecule has 1 aliphatic rings. The fourth-order valence-corrected chi connectivity index (χ4v) is 2.69. The van der Waals surface area contributed by atoms with Crippen LogP contribution in [0.25, 0.3) is 10.8 Å². The highest BCUT2D eigenvalue weighted by molar-refractivity contribution is 6.04. The summed E-state index contributed by atoms with van der Waals surface area (Å²) in [4.78, 5) is 25.6. The molecule has 0 N–H and O–H groups in total. The second kappa shape index (κ2) is 5.20. The molecule has 0 aliphatic carbocycles. The summed E-state index contributed by atoms with van der Waals surface area (Å²) in [7, 11) is 1.76. The number of hydrogen-bond donors (Lipinski definition) is 0. The normalized spacial score (nSPS) is 18.3. The smallest absolute Gasteiger partial charge is 0.263 e. The van der Waals surface area contributed by atoms with Crippen LogP contribution < -0.4 is 4.74 Å². The van der Waals surface area contributed by atoms with Crippen LogP contribution in [-0.2, 0) is 4.79 Å². The van der Waals surface area contributed by atoms with E-state index in [1.807, 2.05) is 30.3 Å². The molecule has 1 aliphatic heterocycles. The average Bonchev–Trinajstić information content (AvgIpc) is 2.79. The van der Waals surface area contributed by atoms with Gasteiger partial charge in [-0.3, -0.25) is 9.59 Å². The Labute approximate surface area is 123 Å². The zero-order chi connectivity index (χ0) is 15.0. The second-order valence-electron chi connectivity index (χ2n) is 5.37. The maximum Gasteiger partial charge on any atom is 0.263 e. The van der Waals surface area contributed by atoms with Crippen LogP contribution in [0.3, 0.4) is 0 Å². The number of fused-ring (bicyclic) bond motifs is 1. The van der Waals surface area contributed by atoms with E-state index >= 15 is 0 Å². The third-order valence-corrected chi connectivity index (χ3v) is 3.90. The van der Waals surface area contributed by atoms with E-state index in [1.54, 1.807) is 18.0 Å². The first-order valence-electron chi connectivity index (χ1n) is 7.02. The molecule has 1 heterocycles. The van der Waals surface area contributed by atoms with Crippen molar-refractivity contribution in [1.29, 1.82) is 0 Å². The zero-order valence-electron chi connectivity index (χ0n) is 12.1. The molecule has 0 saturated carbocycles. The van der Waals surface area contributed by atoms with Crippen LogP contribution in [0.5, 0.6) is 5.75 Å². The lowest BCUT2D eigenvalue weighted by atomic mass is 10.0. The minimum atomic E-state index is -0.501. The molecule has 4 nitrogen and oxygen atoms in total. The van der Waals surface area contributed by atoms with Crippen molar-refractivity contribution in [2.45, 2.75) is 19.4 Å². The number of benzene rings is 2. The molecule has 0 radical (unpaired) electrons. The van der Waals surface area contributed by atoms with E-state index < -0.39 is 6.10 Å². The molecule has 1 saturated heterocycles. The Bertz CT molecular complexity index is 723. The van der Waals surface area contributed by atoms with Gasteiger partial charge in [0.05, 0.1) is 5.56 Å². The molecular weight excluding hydrogens is 266 g/mol. The van der Waals surface area contributed by atoms with Gasteiger partial charge in [0, 0.05) is 25.4 Å². The SMILES string of the molecule is CC(=O)c1ccc2ccccc2c1OC1CCN(C)C1=O. The zero-order valence-corrected chi connectivity index (χ0v) is 12.1. The number of likely N-dealkylation sites (tertiary alicyclic amines) is 1. The Morgan fingerprint density at radius 2 is 2.00 bits per heavy atom. The third-order valence-electron chi connectivity index (χ3n) is 3.90. The summed E-state index contributed by atoms with van der Waals surface area (Å²) in [5.41, 5.74) is 0.524. The molecule has 0 spiro atoms. The predicted molar refractivity (Wildman–Crippen MR) is 80.6 cm³/mol. The van der Waals surface area contributed by atoms with Crippen LogP contribution >= 0.6 is 0 Å². The van der Waals surface area contributed by atoms with Gasteiger partial charge in [-0.2, -0.15) is 0 Å². The molecular formula is C17H17NO3. The highest BCUT2D eigenvalue weighted by atomic mass is 16.5. The van der Waals surface area contributed by atoms with Gasteiger partial charge >= 0.3 is 0 Å². The topological polar surface area (TPSA) is 46.6 Å². The molecule has 1 atom stereocenters. The van der Waals surface area contributed by atoms with Crippen LogP contribution in [0.2, 0.25) is 0 Å². The van der Waals surface area contributed by atoms with Crippen molar-refractivity contribution in [3.05, 3.63) is 42.0 Å². The number of amides is 1. The predicted octanol–water partition coefficient (Wildman–Crippen LogP) is 2.65. The van der Waals surface area contributed by atoms with Crippen LogP contribution in [0.1, 0.15) is 23.7 Å². The highest BCUT2D eigenvalue weighted by Crippen LogP contribution is 2.32. The third kappa shape index (κ3) is 2.37. The lowest BCUT2D eigenvalue weighted by molar-refractivity contribution is -0.132. The van der Waals surface area contributed by atoms with E-state index in [0.29, 0.717) is 24.3 Å². The minimum Gasteiger partial charge on any atom is -0.479 e. The van der Waals surface area contributed by atoms with Gasteiger partial charge in [-0.15, -0.1) is 0 Å². The summed E-state index contributed by atoms with van der Waals surface area (Å²) >= 11 is 0. The van der Waals surface area contributed by atoms with Gasteiger partial charge in [-0.1, -0.05) is 30.3 Å². The quantitative estimate of drug-likeness (QED) is 0.814. The molecule has 0 aromatic heterocycles. The minimum absolute atomic E-state index is 0.0302. The van der Waals surface area contributed by atoms with Crippen molar-refractivity contribution in [3.8, 4) is 5.75 Å². The second-order valence-corrected chi connectivity index (χ2v) is 5.37. The van der Waals surface area contributed by atoms with E-state index in [1.165, 1.54) is 6.92 Å². The molecule has 21 heavy (non-hydrogen) atoms. The summed E-state index contributed by atoms with van der Waals surface area (Å²) < 4.78 is 5.95. The Morgan fingerprint density at radius 1 is 1.24 bits per heavy atom. The Kier molecular flexibility index (Phi) is 3.37. The van der Waals surface area contributed by atoms with Gasteiger partial charge in [0.1, 0.15) is 5.75 Å². The molecule has 2 aromatic rings. The Morgan fingerprint density at radius 3 is 2.67 bits per heavy atom. The Hall–Kier alpha value is -2.36. The average molecular weight is 283 g/mol. The summed E-state index contributed by atoms with van der Waals surface area (Å²) in [6.07, 6.45) is 0.148. The number of Topliss-reactive ketones (excluding diaryl/α,β-unsaturated/α-hetero) is 1. The monoisotopic (exact) mass is 283 g/mol. The molecule has 108 valence electrons. The van der Waals surface area contributed by atoms with Gasteiger partial charge in [0.2, 0.25) is 0 Å². The van der Waals surface area contributed by atoms with Crippen LogP contribution in [-0.4, -0.2) is 36.3 Å². The van der Waals surface area contributed by atoms with Gasteiger partial charge in [0.15, 0.2) is 11.9 Å². The maximum absolute atomic E-state index is 12.0. The van der Waals surface area contributed by atoms with Crippen molar-refractivity contribution in [2.24, 2.45) is 0 Å². The summed E-state index contributed by atoms with van der Waals surface area (Å²) in [5, 5.41) is 1.86. The molecule has 1 unspecified atom stereocenters. The number of rotatable bonds is 3. The van der Waals surface area contributed by atoms with E-state index in [0.717, 1.165) is 10.8 Å². The lowest BCUT2D eigenvalue weighted by Gasteiger charge is -2.17. The molecule has 2 aromatic carbocycles. The van der Waals surface area contributed by atoms with Gasteiger partial charge in [0.25, 0.3) is 5.91 Å². The number of likely N-dealkylation sites (N-methyl/N-ethyl adjacent to an activating group) is 1. The van der Waals surface area contributed by atoms with Gasteiger partial charge in [-0.05, 0) is 18.4 Å². The van der Waals surface area contributed by atoms with Crippen molar-refractivity contribution in [1.82, 2.24) is 4.90 Å². The summed E-state index contributed by atoms with van der Waals surface area (Å²) in [6, 6.07) is 11.4. The van der Waals surface area contributed by atoms with Crippen LogP contribution in [0.4, 0.5) is 0 Å². The lowest BCUT2D eigenvalue weighted by Crippen LogP contribution is -2.29. The fourth-order valence-electron chi connectivity index (χ4n) is 2.69. The standard InChI is InChI=1S/C17H17NO3/c1-11(19)13-8-7-12-5-3-4-6-14(12)16(13)21-15-9-10-18(2)17(15)20/h3-8,15H,9-10H2,1-2H3. The first kappa shape index (κ1) is 13.6. The summed E-state index contributed by atoms with van der Waals surface area (Å²) in [5.74, 6) is 0.432. The molecule has 3 rings (SSSR count). The maximum atomic E-state index is 12.0. The van der Waals surface area contributed by atoms with Gasteiger partial charge in [-0.25, -0.2) is 0 Å². The number of carbonyl (C=O) groups excluding carboxylic acids is 2. The van der Waals surface area contributed by atoms with Crippen molar-refractivity contribution in [2.75, 3.05) is 13.6 Å². The van der Waals surface area contributed by atoms with E-state index in [4.69, 9.17) is 4.74 Å². The largest absolute Gasteiger partial charge is 0.479 e. The molecule has 0 bridgehead atoms. The molecule has 1 amide bonds. The summed E-state index contributed by atoms with van der Waals surface area (Å²) in [6.45, 7) is 2.20. The number of ether oxygens (including phenoxy) is 1. The molecule has 1 fully saturated rings. The van der Waals surface area contributed by atoms with E-state index in [-0.39, 0.29) is 11.7 Å². The number of carbonyl (C=O) groups is 2. The van der Waals surface area contributed by atoms with Crippen molar-refractivity contribution in [3.63, 3.8) is 0 Å². The molecule has 4 heteroatoms. The van der Waals surface area contributed by atoms with Crippen molar-refractivity contribution >= 4 is 22.5 Å². The van der Waals surface area contributed by atoms with Gasteiger partial charge < -0.3 is 9.64 Å². The first-order valence-corrected chi connectivity index (χ1v) is 7.02. The van der Waals surface area contributed by atoms with E-state index in [2.05, 4.69) is 0 Å². The van der Waals surface area contributed by atoms with Crippen LogP contribution in [0, 0.1) is 0 Å². The van der Waals surface area contributed by atoms with Crippen LogP contribution in [0.15, 0.2) is 36.4 Å². The fraction of sp³-hybridized carbons (Fsp3) is 0.294. The van der Waals surface area contributed by atoms with Crippen molar-refractivity contribution < 1.29 is 14.3 Å². The first-order chi connectivity index (χ1) is 10.1. The van der Waals surface area contributed by atoms with E-state index in [9.17, 15) is 9.59 Å². The Balaban J connectivity index is 2.08.